The molecule has 0 aromatic heterocycles. The van der Waals surface area contributed by atoms with Crippen molar-refractivity contribution in [3.63, 3.8) is 0 Å². The number of rotatable bonds is 2. The smallest absolute Gasteiger partial charge is 0.207 e. The molecule has 0 atom stereocenters. The minimum atomic E-state index is 0.194. The van der Waals surface area contributed by atoms with Crippen LogP contribution in [0.1, 0.15) is 45.4 Å². The normalized spacial score (nSPS) is 45.8. The summed E-state index contributed by atoms with van der Waals surface area (Å²) in [5, 5.41) is 3.02. The van der Waals surface area contributed by atoms with Gasteiger partial charge in [0, 0.05) is 5.54 Å². The van der Waals surface area contributed by atoms with Gasteiger partial charge in [-0.1, -0.05) is 6.92 Å². The average Bonchev–Trinajstić information content (AvgIpc) is 2.08. The molecule has 0 aromatic carbocycles. The minimum absolute atomic E-state index is 0.194. The van der Waals surface area contributed by atoms with E-state index in [1.54, 1.807) is 0 Å². The number of hydrogen-bond donors (Lipinski definition) is 1. The molecular formula is C10H17NO. The number of hydrogen-bond acceptors (Lipinski definition) is 1. The summed E-state index contributed by atoms with van der Waals surface area (Å²) in [6.07, 6.45) is 8.37. The first kappa shape index (κ1) is 8.09. The highest BCUT2D eigenvalue weighted by molar-refractivity contribution is 5.48. The third-order valence-electron chi connectivity index (χ3n) is 3.99. The molecule has 1 amide bonds. The lowest BCUT2D eigenvalue weighted by Gasteiger charge is -2.51. The van der Waals surface area contributed by atoms with Crippen molar-refractivity contribution >= 4 is 6.41 Å². The molecule has 3 saturated carbocycles. The van der Waals surface area contributed by atoms with Crippen molar-refractivity contribution in [2.24, 2.45) is 5.41 Å². The molecule has 2 nitrogen and oxygen atoms in total. The molecule has 0 saturated heterocycles. The Morgan fingerprint density at radius 1 is 1.08 bits per heavy atom. The molecule has 0 heterocycles. The Balaban J connectivity index is 2.08. The van der Waals surface area contributed by atoms with Crippen molar-refractivity contribution < 1.29 is 4.79 Å². The maximum Gasteiger partial charge on any atom is 0.207 e. The first-order chi connectivity index (χ1) is 5.68. The van der Waals surface area contributed by atoms with E-state index in [2.05, 4.69) is 12.2 Å². The third kappa shape index (κ3) is 1.13. The molecule has 2 heteroatoms. The Morgan fingerprint density at radius 2 is 1.58 bits per heavy atom. The Kier molecular flexibility index (Phi) is 1.67. The Morgan fingerprint density at radius 3 is 2.00 bits per heavy atom. The van der Waals surface area contributed by atoms with E-state index in [-0.39, 0.29) is 5.54 Å². The van der Waals surface area contributed by atoms with Gasteiger partial charge in [-0.3, -0.25) is 4.79 Å². The molecule has 3 rings (SSSR count). The van der Waals surface area contributed by atoms with Crippen molar-refractivity contribution in [1.82, 2.24) is 5.32 Å². The van der Waals surface area contributed by atoms with E-state index < -0.39 is 0 Å². The molecule has 12 heavy (non-hydrogen) atoms. The molecule has 3 fully saturated rings. The summed E-state index contributed by atoms with van der Waals surface area (Å²) >= 11 is 0. The van der Waals surface area contributed by atoms with Gasteiger partial charge < -0.3 is 5.32 Å². The largest absolute Gasteiger partial charge is 0.353 e. The first-order valence-corrected chi connectivity index (χ1v) is 4.90. The zero-order valence-electron chi connectivity index (χ0n) is 7.73. The summed E-state index contributed by atoms with van der Waals surface area (Å²) in [6.45, 7) is 2.39. The molecule has 3 aliphatic rings. The quantitative estimate of drug-likeness (QED) is 0.625. The minimum Gasteiger partial charge on any atom is -0.353 e. The lowest BCUT2D eigenvalue weighted by Crippen LogP contribution is -2.53. The molecular weight excluding hydrogens is 150 g/mol. The second kappa shape index (κ2) is 2.48. The topological polar surface area (TPSA) is 29.1 Å². The number of fused-ring (bicyclic) bond motifs is 3. The maximum atomic E-state index is 10.4. The van der Waals surface area contributed by atoms with Crippen LogP contribution in [0, 0.1) is 5.41 Å². The number of nitrogens with one attached hydrogen (secondary N) is 1. The summed E-state index contributed by atoms with van der Waals surface area (Å²) in [5.41, 5.74) is 0.797. The SMILES string of the molecule is CC12CCC(NC=O)(CC1)CC2. The van der Waals surface area contributed by atoms with Gasteiger partial charge >= 0.3 is 0 Å². The number of carbonyl (C=O) groups excluding carboxylic acids is 1. The predicted molar refractivity (Wildman–Crippen MR) is 47.7 cm³/mol. The third-order valence-corrected chi connectivity index (χ3v) is 3.99. The van der Waals surface area contributed by atoms with Gasteiger partial charge in [-0.15, -0.1) is 0 Å². The zero-order valence-corrected chi connectivity index (χ0v) is 7.73. The molecule has 0 spiro atoms. The highest BCUT2D eigenvalue weighted by atomic mass is 16.1. The average molecular weight is 167 g/mol. The summed E-state index contributed by atoms with van der Waals surface area (Å²) in [7, 11) is 0. The number of amides is 1. The molecule has 0 radical (unpaired) electrons. The lowest BCUT2D eigenvalue weighted by molar-refractivity contribution is -0.113. The second-order valence-corrected chi connectivity index (χ2v) is 4.85. The van der Waals surface area contributed by atoms with Crippen LogP contribution < -0.4 is 5.32 Å². The van der Waals surface area contributed by atoms with Crippen LogP contribution >= 0.6 is 0 Å². The summed E-state index contributed by atoms with van der Waals surface area (Å²) < 4.78 is 0. The van der Waals surface area contributed by atoms with Crippen molar-refractivity contribution in [2.75, 3.05) is 0 Å². The van der Waals surface area contributed by atoms with Crippen LogP contribution in [-0.2, 0) is 4.79 Å². The summed E-state index contributed by atoms with van der Waals surface area (Å²) in [6, 6.07) is 0. The number of carbonyl (C=O) groups is 1. The second-order valence-electron chi connectivity index (χ2n) is 4.85. The van der Waals surface area contributed by atoms with Crippen LogP contribution in [0.25, 0.3) is 0 Å². The molecule has 0 aliphatic heterocycles. The Labute approximate surface area is 73.7 Å². The molecule has 0 unspecified atom stereocenters. The van der Waals surface area contributed by atoms with E-state index in [9.17, 15) is 4.79 Å². The van der Waals surface area contributed by atoms with Crippen LogP contribution in [0.4, 0.5) is 0 Å². The fourth-order valence-electron chi connectivity index (χ4n) is 2.71. The highest BCUT2D eigenvalue weighted by Crippen LogP contribution is 2.51. The molecule has 1 N–H and O–H groups in total. The van der Waals surface area contributed by atoms with Crippen molar-refractivity contribution in [3.8, 4) is 0 Å². The predicted octanol–water partition coefficient (Wildman–Crippen LogP) is 1.85. The van der Waals surface area contributed by atoms with Gasteiger partial charge in [0.1, 0.15) is 0 Å². The van der Waals surface area contributed by atoms with Crippen LogP contribution in [0.3, 0.4) is 0 Å². The van der Waals surface area contributed by atoms with Gasteiger partial charge in [-0.25, -0.2) is 0 Å². The Bertz CT molecular complexity index is 175. The van der Waals surface area contributed by atoms with Crippen molar-refractivity contribution in [1.29, 1.82) is 0 Å². The van der Waals surface area contributed by atoms with Gasteiger partial charge in [0.15, 0.2) is 0 Å². The van der Waals surface area contributed by atoms with E-state index in [0.29, 0.717) is 5.41 Å². The van der Waals surface area contributed by atoms with E-state index in [1.165, 1.54) is 38.5 Å². The fourth-order valence-corrected chi connectivity index (χ4v) is 2.71. The van der Waals surface area contributed by atoms with E-state index in [4.69, 9.17) is 0 Å². The van der Waals surface area contributed by atoms with Crippen molar-refractivity contribution in [2.45, 2.75) is 51.0 Å². The summed E-state index contributed by atoms with van der Waals surface area (Å²) in [5.74, 6) is 0. The van der Waals surface area contributed by atoms with Gasteiger partial charge in [-0.05, 0) is 43.9 Å². The van der Waals surface area contributed by atoms with E-state index in [0.717, 1.165) is 6.41 Å². The standard InChI is InChI=1S/C10H17NO/c1-9-2-5-10(6-3-9,7-4-9)11-8-12/h8H,2-7H2,1H3,(H,11,12). The Hall–Kier alpha value is -0.530. The first-order valence-electron chi connectivity index (χ1n) is 4.90. The van der Waals surface area contributed by atoms with Gasteiger partial charge in [0.25, 0.3) is 0 Å². The molecule has 0 aromatic rings. The van der Waals surface area contributed by atoms with E-state index in [1.807, 2.05) is 0 Å². The van der Waals surface area contributed by atoms with Gasteiger partial charge in [0.2, 0.25) is 6.41 Å². The van der Waals surface area contributed by atoms with Crippen LogP contribution in [0.15, 0.2) is 0 Å². The zero-order chi connectivity index (χ0) is 8.66. The summed E-state index contributed by atoms with van der Waals surface area (Å²) in [4.78, 5) is 10.4. The maximum absolute atomic E-state index is 10.4. The van der Waals surface area contributed by atoms with Gasteiger partial charge in [0.05, 0.1) is 0 Å². The van der Waals surface area contributed by atoms with Crippen LogP contribution in [0.2, 0.25) is 0 Å². The highest BCUT2D eigenvalue weighted by Gasteiger charge is 2.45. The molecule has 68 valence electrons. The molecule has 2 bridgehead atoms. The van der Waals surface area contributed by atoms with Crippen LogP contribution in [-0.4, -0.2) is 11.9 Å². The monoisotopic (exact) mass is 167 g/mol. The molecule has 3 aliphatic carbocycles. The van der Waals surface area contributed by atoms with Crippen LogP contribution in [0.5, 0.6) is 0 Å². The van der Waals surface area contributed by atoms with E-state index >= 15 is 0 Å². The lowest BCUT2D eigenvalue weighted by atomic mass is 9.58. The fraction of sp³-hybridized carbons (Fsp3) is 0.900. The van der Waals surface area contributed by atoms with Gasteiger partial charge in [-0.2, -0.15) is 0 Å². The van der Waals surface area contributed by atoms with Crippen molar-refractivity contribution in [3.05, 3.63) is 0 Å².